The molecule has 0 saturated heterocycles. The van der Waals surface area contributed by atoms with E-state index in [1.54, 1.807) is 12.1 Å². The summed E-state index contributed by atoms with van der Waals surface area (Å²) in [5.41, 5.74) is 0.814. The Kier molecular flexibility index (Phi) is 5.53. The van der Waals surface area contributed by atoms with Crippen LogP contribution in [0.5, 0.6) is 0 Å². The molecule has 0 saturated carbocycles. The molecule has 0 bridgehead atoms. The van der Waals surface area contributed by atoms with E-state index in [9.17, 15) is 14.7 Å². The van der Waals surface area contributed by atoms with Crippen molar-refractivity contribution in [3.8, 4) is 0 Å². The lowest BCUT2D eigenvalue weighted by Crippen LogP contribution is -2.31. The van der Waals surface area contributed by atoms with Crippen molar-refractivity contribution in [2.45, 2.75) is 53.6 Å². The maximum absolute atomic E-state index is 12.3. The second-order valence-corrected chi connectivity index (χ2v) is 6.21. The number of hydrogen-bond acceptors (Lipinski definition) is 3. The molecule has 21 heavy (non-hydrogen) atoms. The molecule has 0 spiro atoms. The number of benzene rings is 1. The lowest BCUT2D eigenvalue weighted by molar-refractivity contribution is -0.00428. The van der Waals surface area contributed by atoms with Crippen molar-refractivity contribution in [1.29, 1.82) is 0 Å². The zero-order chi connectivity index (χ0) is 16.2. The minimum absolute atomic E-state index is 0.00288. The van der Waals surface area contributed by atoms with E-state index in [0.717, 1.165) is 12.0 Å². The van der Waals surface area contributed by atoms with Crippen LogP contribution in [-0.2, 0) is 11.2 Å². The van der Waals surface area contributed by atoms with E-state index in [1.807, 2.05) is 34.6 Å². The van der Waals surface area contributed by atoms with Crippen LogP contribution in [0, 0.1) is 5.41 Å². The first-order valence-electron chi connectivity index (χ1n) is 7.27. The molecule has 0 aliphatic heterocycles. The van der Waals surface area contributed by atoms with Gasteiger partial charge in [-0.2, -0.15) is 0 Å². The van der Waals surface area contributed by atoms with Crippen molar-refractivity contribution in [2.24, 2.45) is 5.41 Å². The molecule has 0 amide bonds. The smallest absolute Gasteiger partial charge is 0.339 e. The van der Waals surface area contributed by atoms with Gasteiger partial charge < -0.3 is 9.84 Å². The highest BCUT2D eigenvalue weighted by Gasteiger charge is 2.28. The van der Waals surface area contributed by atoms with Crippen LogP contribution in [0.4, 0.5) is 0 Å². The molecule has 0 heterocycles. The Morgan fingerprint density at radius 1 is 1.19 bits per heavy atom. The molecule has 1 unspecified atom stereocenters. The summed E-state index contributed by atoms with van der Waals surface area (Å²) in [5, 5.41) is 9.28. The average Bonchev–Trinajstić information content (AvgIpc) is 2.42. The minimum Gasteiger partial charge on any atom is -0.478 e. The molecule has 1 atom stereocenters. The maximum atomic E-state index is 12.3. The zero-order valence-electron chi connectivity index (χ0n) is 13.4. The third-order valence-electron chi connectivity index (χ3n) is 3.53. The van der Waals surface area contributed by atoms with Gasteiger partial charge in [-0.05, 0) is 36.0 Å². The maximum Gasteiger partial charge on any atom is 0.339 e. The Balaban J connectivity index is 3.10. The highest BCUT2D eigenvalue weighted by molar-refractivity contribution is 6.02. The van der Waals surface area contributed by atoms with E-state index in [2.05, 4.69) is 0 Å². The van der Waals surface area contributed by atoms with E-state index >= 15 is 0 Å². The number of aromatic carboxylic acids is 1. The second-order valence-electron chi connectivity index (χ2n) is 6.21. The number of aryl methyl sites for hydroxylation is 1. The lowest BCUT2D eigenvalue weighted by atomic mass is 9.87. The molecule has 0 aliphatic rings. The summed E-state index contributed by atoms with van der Waals surface area (Å²) in [6.07, 6.45) is 1.15. The summed E-state index contributed by atoms with van der Waals surface area (Å²) < 4.78 is 5.51. The number of carbonyl (C=O) groups excluding carboxylic acids is 1. The van der Waals surface area contributed by atoms with E-state index < -0.39 is 11.9 Å². The van der Waals surface area contributed by atoms with Crippen LogP contribution < -0.4 is 0 Å². The summed E-state index contributed by atoms with van der Waals surface area (Å²) in [6.45, 7) is 9.86. The monoisotopic (exact) mass is 292 g/mol. The molecular formula is C17H24O4. The predicted molar refractivity (Wildman–Crippen MR) is 81.7 cm³/mol. The molecule has 1 aromatic carbocycles. The molecule has 4 nitrogen and oxygen atoms in total. The third kappa shape index (κ3) is 4.31. The van der Waals surface area contributed by atoms with Gasteiger partial charge in [-0.25, -0.2) is 9.59 Å². The Morgan fingerprint density at radius 3 is 2.24 bits per heavy atom. The number of carboxylic acids is 1. The number of hydrogen-bond donors (Lipinski definition) is 1. The van der Waals surface area contributed by atoms with E-state index in [4.69, 9.17) is 4.74 Å². The Morgan fingerprint density at radius 2 is 1.81 bits per heavy atom. The third-order valence-corrected chi connectivity index (χ3v) is 3.53. The topological polar surface area (TPSA) is 63.6 Å². The summed E-state index contributed by atoms with van der Waals surface area (Å²) in [4.78, 5) is 23.6. The van der Waals surface area contributed by atoms with Gasteiger partial charge in [0, 0.05) is 0 Å². The average molecular weight is 292 g/mol. The Labute approximate surface area is 126 Å². The van der Waals surface area contributed by atoms with Crippen molar-refractivity contribution in [2.75, 3.05) is 0 Å². The molecule has 0 fully saturated rings. The van der Waals surface area contributed by atoms with Gasteiger partial charge >= 0.3 is 11.9 Å². The van der Waals surface area contributed by atoms with Gasteiger partial charge in [-0.3, -0.25) is 0 Å². The largest absolute Gasteiger partial charge is 0.478 e. The molecule has 4 heteroatoms. The zero-order valence-corrected chi connectivity index (χ0v) is 13.4. The van der Waals surface area contributed by atoms with Gasteiger partial charge in [0.25, 0.3) is 0 Å². The van der Waals surface area contributed by atoms with E-state index in [0.29, 0.717) is 6.42 Å². The highest BCUT2D eigenvalue weighted by Crippen LogP contribution is 2.26. The van der Waals surface area contributed by atoms with Crippen LogP contribution in [0.25, 0.3) is 0 Å². The SMILES string of the molecule is CCc1ccc(C(=O)OC(CC)C(C)(C)C)c(C(=O)O)c1. The van der Waals surface area contributed by atoms with Crippen molar-refractivity contribution in [3.63, 3.8) is 0 Å². The Hall–Kier alpha value is -1.84. The molecule has 0 aromatic heterocycles. The van der Waals surface area contributed by atoms with Gasteiger partial charge in [-0.15, -0.1) is 0 Å². The van der Waals surface area contributed by atoms with Crippen LogP contribution in [0.2, 0.25) is 0 Å². The fraction of sp³-hybridized carbons (Fsp3) is 0.529. The van der Waals surface area contributed by atoms with Crippen molar-refractivity contribution in [3.05, 3.63) is 34.9 Å². The summed E-state index contributed by atoms with van der Waals surface area (Å²) in [6, 6.07) is 4.85. The fourth-order valence-electron chi connectivity index (χ4n) is 2.23. The standard InChI is InChI=1S/C17H24O4/c1-6-11-8-9-12(13(10-11)15(18)19)16(20)21-14(7-2)17(3,4)5/h8-10,14H,6-7H2,1-5H3,(H,18,19). The van der Waals surface area contributed by atoms with Gasteiger partial charge in [-0.1, -0.05) is 40.7 Å². The molecule has 1 aromatic rings. The quantitative estimate of drug-likeness (QED) is 0.835. The van der Waals surface area contributed by atoms with Crippen LogP contribution in [0.15, 0.2) is 18.2 Å². The highest BCUT2D eigenvalue weighted by atomic mass is 16.5. The summed E-state index contributed by atoms with van der Waals surface area (Å²) in [5.74, 6) is -1.68. The van der Waals surface area contributed by atoms with E-state index in [1.165, 1.54) is 6.07 Å². The van der Waals surface area contributed by atoms with Crippen LogP contribution in [0.1, 0.15) is 67.3 Å². The minimum atomic E-state index is -1.11. The number of esters is 1. The fourth-order valence-corrected chi connectivity index (χ4v) is 2.23. The molecule has 116 valence electrons. The van der Waals surface area contributed by atoms with Gasteiger partial charge in [0.05, 0.1) is 11.1 Å². The molecule has 1 rings (SSSR count). The predicted octanol–water partition coefficient (Wildman–Crippen LogP) is 3.93. The molecule has 0 aliphatic carbocycles. The van der Waals surface area contributed by atoms with Gasteiger partial charge in [0.15, 0.2) is 0 Å². The number of ether oxygens (including phenoxy) is 1. The van der Waals surface area contributed by atoms with Gasteiger partial charge in [0.2, 0.25) is 0 Å². The molecule has 0 radical (unpaired) electrons. The van der Waals surface area contributed by atoms with Crippen molar-refractivity contribution < 1.29 is 19.4 Å². The number of carbonyl (C=O) groups is 2. The first-order chi connectivity index (χ1) is 9.70. The summed E-state index contributed by atoms with van der Waals surface area (Å²) in [7, 11) is 0. The molecular weight excluding hydrogens is 268 g/mol. The second kappa shape index (κ2) is 6.74. The number of carboxylic acid groups (broad SMARTS) is 1. The summed E-state index contributed by atoms with van der Waals surface area (Å²) >= 11 is 0. The van der Waals surface area contributed by atoms with Crippen LogP contribution in [-0.4, -0.2) is 23.1 Å². The normalized spacial score (nSPS) is 12.8. The first-order valence-corrected chi connectivity index (χ1v) is 7.27. The number of rotatable bonds is 5. The van der Waals surface area contributed by atoms with E-state index in [-0.39, 0.29) is 22.6 Å². The molecule has 1 N–H and O–H groups in total. The van der Waals surface area contributed by atoms with Gasteiger partial charge in [0.1, 0.15) is 6.10 Å². The van der Waals surface area contributed by atoms with Crippen LogP contribution >= 0.6 is 0 Å². The van der Waals surface area contributed by atoms with Crippen LogP contribution in [0.3, 0.4) is 0 Å². The first kappa shape index (κ1) is 17.2. The Bertz CT molecular complexity index is 526. The van der Waals surface area contributed by atoms with Crippen molar-refractivity contribution in [1.82, 2.24) is 0 Å². The van der Waals surface area contributed by atoms with Crippen molar-refractivity contribution >= 4 is 11.9 Å². The lowest BCUT2D eigenvalue weighted by Gasteiger charge is -2.29.